The molecule has 1 fully saturated rings. The van der Waals surface area contributed by atoms with E-state index in [2.05, 4.69) is 10.3 Å². The first kappa shape index (κ1) is 15.8. The van der Waals surface area contributed by atoms with E-state index in [-0.39, 0.29) is 18.1 Å². The second kappa shape index (κ2) is 6.01. The predicted molar refractivity (Wildman–Crippen MR) is 78.6 cm³/mol. The summed E-state index contributed by atoms with van der Waals surface area (Å²) in [6.07, 6.45) is 3.21. The van der Waals surface area contributed by atoms with Crippen molar-refractivity contribution in [3.8, 4) is 0 Å². The molecule has 0 aliphatic carbocycles. The van der Waals surface area contributed by atoms with Crippen molar-refractivity contribution in [2.75, 3.05) is 13.1 Å². The molecule has 1 amide bonds. The third kappa shape index (κ3) is 4.42. The Hall–Kier alpha value is -1.63. The minimum Gasteiger partial charge on any atom is -0.444 e. The molecule has 1 saturated heterocycles. The van der Waals surface area contributed by atoms with Gasteiger partial charge in [-0.15, -0.1) is 5.10 Å². The van der Waals surface area contributed by atoms with Gasteiger partial charge in [0.1, 0.15) is 5.60 Å². The number of carbonyl (C=O) groups is 1. The van der Waals surface area contributed by atoms with Crippen molar-refractivity contribution < 1.29 is 9.53 Å². The van der Waals surface area contributed by atoms with Crippen molar-refractivity contribution in [1.29, 1.82) is 0 Å². The molecule has 2 atom stereocenters. The Morgan fingerprint density at radius 3 is 2.86 bits per heavy atom. The number of hydrogen-bond acceptors (Lipinski definition) is 5. The Kier molecular flexibility index (Phi) is 4.51. The fraction of sp³-hybridized carbons (Fsp3) is 0.786. The summed E-state index contributed by atoms with van der Waals surface area (Å²) in [5.74, 6) is 0.277. The van der Waals surface area contributed by atoms with Crippen LogP contribution in [-0.2, 0) is 18.2 Å². The minimum atomic E-state index is -0.461. The minimum absolute atomic E-state index is 0.0193. The molecular weight excluding hydrogens is 270 g/mol. The van der Waals surface area contributed by atoms with Crippen LogP contribution in [0.1, 0.15) is 32.9 Å². The van der Waals surface area contributed by atoms with Gasteiger partial charge in [-0.05, 0) is 33.1 Å². The number of rotatable bonds is 3. The molecule has 1 aromatic rings. The standard InChI is InChI=1S/C14H25N5O2/c1-14(2,3)21-13(20)19-6-5-10(8-19)12(15)7-11-9-18(4)17-16-11/h9-10,12H,5-8,15H2,1-4H3. The first-order chi connectivity index (χ1) is 9.74. The summed E-state index contributed by atoms with van der Waals surface area (Å²) in [4.78, 5) is 13.8. The first-order valence-corrected chi connectivity index (χ1v) is 7.33. The number of ether oxygens (including phenoxy) is 1. The zero-order valence-corrected chi connectivity index (χ0v) is 13.2. The smallest absolute Gasteiger partial charge is 0.410 e. The first-order valence-electron chi connectivity index (χ1n) is 7.33. The lowest BCUT2D eigenvalue weighted by Gasteiger charge is -2.25. The molecular formula is C14H25N5O2. The van der Waals surface area contributed by atoms with Gasteiger partial charge in [0, 0.05) is 38.8 Å². The Balaban J connectivity index is 1.85. The number of likely N-dealkylation sites (tertiary alicyclic amines) is 1. The van der Waals surface area contributed by atoms with Crippen LogP contribution in [0.4, 0.5) is 4.79 Å². The highest BCUT2D eigenvalue weighted by atomic mass is 16.6. The number of aromatic nitrogens is 3. The topological polar surface area (TPSA) is 86.3 Å². The van der Waals surface area contributed by atoms with Gasteiger partial charge in [0.2, 0.25) is 0 Å². The fourth-order valence-corrected chi connectivity index (χ4v) is 2.53. The number of amides is 1. The van der Waals surface area contributed by atoms with E-state index in [0.717, 1.165) is 12.1 Å². The number of carbonyl (C=O) groups excluding carboxylic acids is 1. The zero-order valence-electron chi connectivity index (χ0n) is 13.2. The molecule has 2 N–H and O–H groups in total. The highest BCUT2D eigenvalue weighted by Gasteiger charge is 2.32. The molecule has 118 valence electrons. The lowest BCUT2D eigenvalue weighted by molar-refractivity contribution is 0.0286. The van der Waals surface area contributed by atoms with Gasteiger partial charge in [-0.25, -0.2) is 4.79 Å². The molecule has 0 aromatic carbocycles. The quantitative estimate of drug-likeness (QED) is 0.897. The van der Waals surface area contributed by atoms with E-state index in [4.69, 9.17) is 10.5 Å². The number of aryl methyl sites for hydroxylation is 1. The predicted octanol–water partition coefficient (Wildman–Crippen LogP) is 0.942. The lowest BCUT2D eigenvalue weighted by atomic mass is 9.96. The third-order valence-electron chi connectivity index (χ3n) is 3.58. The van der Waals surface area contributed by atoms with Gasteiger partial charge in [0.15, 0.2) is 0 Å². The maximum Gasteiger partial charge on any atom is 0.410 e. The van der Waals surface area contributed by atoms with Crippen LogP contribution in [0.15, 0.2) is 6.20 Å². The average molecular weight is 295 g/mol. The van der Waals surface area contributed by atoms with Crippen LogP contribution in [0, 0.1) is 5.92 Å². The van der Waals surface area contributed by atoms with E-state index in [1.54, 1.807) is 9.58 Å². The Morgan fingerprint density at radius 1 is 1.57 bits per heavy atom. The van der Waals surface area contributed by atoms with Crippen LogP contribution in [-0.4, -0.2) is 50.7 Å². The molecule has 1 aromatic heterocycles. The SMILES string of the molecule is Cn1cc(CC(N)C2CCN(C(=O)OC(C)(C)C)C2)nn1. The largest absolute Gasteiger partial charge is 0.444 e. The summed E-state index contributed by atoms with van der Waals surface area (Å²) in [6.45, 7) is 6.97. The average Bonchev–Trinajstić information content (AvgIpc) is 2.96. The van der Waals surface area contributed by atoms with Gasteiger partial charge < -0.3 is 15.4 Å². The van der Waals surface area contributed by atoms with Crippen LogP contribution in [0.3, 0.4) is 0 Å². The van der Waals surface area contributed by atoms with E-state index < -0.39 is 5.60 Å². The van der Waals surface area contributed by atoms with Crippen LogP contribution >= 0.6 is 0 Å². The molecule has 1 aliphatic heterocycles. The highest BCUT2D eigenvalue weighted by molar-refractivity contribution is 5.68. The zero-order chi connectivity index (χ0) is 15.6. The molecule has 0 bridgehead atoms. The van der Waals surface area contributed by atoms with E-state index in [1.807, 2.05) is 34.0 Å². The summed E-state index contributed by atoms with van der Waals surface area (Å²) < 4.78 is 7.06. The van der Waals surface area contributed by atoms with Crippen molar-refractivity contribution in [2.45, 2.75) is 45.3 Å². The Labute approximate surface area is 125 Å². The summed E-state index contributed by atoms with van der Waals surface area (Å²) in [5, 5.41) is 7.96. The van der Waals surface area contributed by atoms with Gasteiger partial charge in [-0.2, -0.15) is 0 Å². The molecule has 1 aliphatic rings. The van der Waals surface area contributed by atoms with Crippen molar-refractivity contribution in [2.24, 2.45) is 18.7 Å². The van der Waals surface area contributed by atoms with Gasteiger partial charge in [-0.3, -0.25) is 4.68 Å². The molecule has 2 heterocycles. The maximum absolute atomic E-state index is 12.0. The van der Waals surface area contributed by atoms with Crippen LogP contribution in [0.25, 0.3) is 0 Å². The van der Waals surface area contributed by atoms with Gasteiger partial charge in [0.25, 0.3) is 0 Å². The molecule has 0 saturated carbocycles. The van der Waals surface area contributed by atoms with Crippen molar-refractivity contribution in [3.63, 3.8) is 0 Å². The summed E-state index contributed by atoms with van der Waals surface area (Å²) in [6, 6.07) is -0.0193. The van der Waals surface area contributed by atoms with E-state index in [1.165, 1.54) is 0 Å². The second-order valence-corrected chi connectivity index (χ2v) is 6.73. The van der Waals surface area contributed by atoms with Crippen molar-refractivity contribution >= 4 is 6.09 Å². The van der Waals surface area contributed by atoms with Gasteiger partial charge in [0.05, 0.1) is 5.69 Å². The van der Waals surface area contributed by atoms with E-state index >= 15 is 0 Å². The number of nitrogens with zero attached hydrogens (tertiary/aromatic N) is 4. The second-order valence-electron chi connectivity index (χ2n) is 6.73. The molecule has 2 unspecified atom stereocenters. The van der Waals surface area contributed by atoms with E-state index in [9.17, 15) is 4.79 Å². The van der Waals surface area contributed by atoms with Gasteiger partial charge >= 0.3 is 6.09 Å². The number of hydrogen-bond donors (Lipinski definition) is 1. The molecule has 21 heavy (non-hydrogen) atoms. The molecule has 0 spiro atoms. The van der Waals surface area contributed by atoms with Gasteiger partial charge in [-0.1, -0.05) is 5.21 Å². The molecule has 2 rings (SSSR count). The third-order valence-corrected chi connectivity index (χ3v) is 3.58. The summed E-state index contributed by atoms with van der Waals surface area (Å²) in [7, 11) is 1.84. The van der Waals surface area contributed by atoms with E-state index in [0.29, 0.717) is 19.5 Å². The normalized spacial score (nSPS) is 20.6. The molecule has 0 radical (unpaired) electrons. The number of nitrogens with two attached hydrogens (primary N) is 1. The Bertz CT molecular complexity index is 494. The monoisotopic (exact) mass is 295 g/mol. The fourth-order valence-electron chi connectivity index (χ4n) is 2.53. The van der Waals surface area contributed by atoms with Crippen LogP contribution < -0.4 is 5.73 Å². The lowest BCUT2D eigenvalue weighted by Crippen LogP contribution is -2.38. The highest BCUT2D eigenvalue weighted by Crippen LogP contribution is 2.22. The molecule has 7 nitrogen and oxygen atoms in total. The Morgan fingerprint density at radius 2 is 2.29 bits per heavy atom. The molecule has 7 heteroatoms. The summed E-state index contributed by atoms with van der Waals surface area (Å²) in [5.41, 5.74) is 6.68. The maximum atomic E-state index is 12.0. The van der Waals surface area contributed by atoms with Crippen LogP contribution in [0.2, 0.25) is 0 Å². The van der Waals surface area contributed by atoms with Crippen molar-refractivity contribution in [1.82, 2.24) is 19.9 Å². The van der Waals surface area contributed by atoms with Crippen LogP contribution in [0.5, 0.6) is 0 Å². The summed E-state index contributed by atoms with van der Waals surface area (Å²) >= 11 is 0. The van der Waals surface area contributed by atoms with Crippen molar-refractivity contribution in [3.05, 3.63) is 11.9 Å².